The second-order valence-corrected chi connectivity index (χ2v) is 6.01. The van der Waals surface area contributed by atoms with Gasteiger partial charge in [0.15, 0.2) is 0 Å². The van der Waals surface area contributed by atoms with Crippen LogP contribution in [0.4, 0.5) is 13.4 Å². The third-order valence-corrected chi connectivity index (χ3v) is 3.18. The molecular formula is C12H23BF2N2O2. The van der Waals surface area contributed by atoms with Crippen LogP contribution in [0.25, 0.3) is 0 Å². The van der Waals surface area contributed by atoms with Gasteiger partial charge in [-0.25, -0.2) is 4.79 Å². The van der Waals surface area contributed by atoms with E-state index in [-0.39, 0.29) is 18.6 Å². The lowest BCUT2D eigenvalue weighted by molar-refractivity contribution is 0.0158. The predicted molar refractivity (Wildman–Crippen MR) is 71.4 cm³/mol. The highest BCUT2D eigenvalue weighted by atomic mass is 19.2. The Kier molecular flexibility index (Phi) is 5.58. The van der Waals surface area contributed by atoms with E-state index in [9.17, 15) is 13.4 Å². The van der Waals surface area contributed by atoms with Gasteiger partial charge < -0.3 is 14.5 Å². The van der Waals surface area contributed by atoms with E-state index in [4.69, 9.17) is 4.74 Å². The van der Waals surface area contributed by atoms with Crippen molar-refractivity contribution in [1.29, 1.82) is 0 Å². The third kappa shape index (κ3) is 5.76. The number of hydrogen-bond acceptors (Lipinski definition) is 3. The van der Waals surface area contributed by atoms with Gasteiger partial charge in [-0.05, 0) is 46.7 Å². The van der Waals surface area contributed by atoms with Crippen molar-refractivity contribution in [1.82, 2.24) is 9.80 Å². The van der Waals surface area contributed by atoms with Crippen LogP contribution in [-0.2, 0) is 4.74 Å². The molecule has 0 spiro atoms. The molecule has 1 saturated heterocycles. The van der Waals surface area contributed by atoms with E-state index in [2.05, 4.69) is 0 Å². The van der Waals surface area contributed by atoms with E-state index >= 15 is 0 Å². The minimum atomic E-state index is -2.29. The fourth-order valence-corrected chi connectivity index (χ4v) is 2.17. The van der Waals surface area contributed by atoms with E-state index in [0.29, 0.717) is 25.9 Å². The molecule has 1 amide bonds. The molecule has 110 valence electrons. The van der Waals surface area contributed by atoms with E-state index < -0.39 is 12.9 Å². The smallest absolute Gasteiger partial charge is 0.444 e. The summed E-state index contributed by atoms with van der Waals surface area (Å²) in [6.07, 6.45) is 0.896. The third-order valence-electron chi connectivity index (χ3n) is 3.18. The topological polar surface area (TPSA) is 32.8 Å². The first-order valence-corrected chi connectivity index (χ1v) is 6.65. The Hall–Kier alpha value is -0.845. The number of nitrogens with zero attached hydrogens (tertiary/aromatic N) is 2. The summed E-state index contributed by atoms with van der Waals surface area (Å²) in [5.41, 5.74) is -0.512. The minimum Gasteiger partial charge on any atom is -0.444 e. The fourth-order valence-electron chi connectivity index (χ4n) is 2.17. The van der Waals surface area contributed by atoms with Crippen molar-refractivity contribution in [3.8, 4) is 0 Å². The van der Waals surface area contributed by atoms with Gasteiger partial charge in [-0.1, -0.05) is 0 Å². The molecule has 0 N–H and O–H groups in total. The summed E-state index contributed by atoms with van der Waals surface area (Å²) in [6.45, 7) is 6.67. The number of rotatable bonds is 3. The van der Waals surface area contributed by atoms with Crippen LogP contribution in [0.1, 0.15) is 33.6 Å². The number of carbonyl (C=O) groups excluding carboxylic acids is 1. The van der Waals surface area contributed by atoms with E-state index in [1.807, 2.05) is 20.8 Å². The molecule has 19 heavy (non-hydrogen) atoms. The number of hydrogen-bond donors (Lipinski definition) is 0. The Morgan fingerprint density at radius 1 is 1.37 bits per heavy atom. The molecule has 0 radical (unpaired) electrons. The standard InChI is InChI=1S/C12H23BF2N2O2/c1-12(2,3)19-11(18)16(4)10-5-7-17(8-6-10)9-13(14)15/h10H,5-9H2,1-4H3. The number of likely N-dealkylation sites (tertiary alicyclic amines) is 1. The average Bonchev–Trinajstić information content (AvgIpc) is 2.26. The van der Waals surface area contributed by atoms with Crippen LogP contribution < -0.4 is 0 Å². The molecule has 0 atom stereocenters. The van der Waals surface area contributed by atoms with Gasteiger partial charge in [0, 0.05) is 19.5 Å². The van der Waals surface area contributed by atoms with Crippen LogP contribution in [0.2, 0.25) is 0 Å². The van der Waals surface area contributed by atoms with Gasteiger partial charge in [0.1, 0.15) is 5.60 Å². The highest BCUT2D eigenvalue weighted by molar-refractivity contribution is 6.42. The maximum atomic E-state index is 12.3. The molecule has 0 aromatic carbocycles. The lowest BCUT2D eigenvalue weighted by atomic mass is 9.95. The van der Waals surface area contributed by atoms with E-state index in [1.54, 1.807) is 16.8 Å². The molecule has 0 aliphatic carbocycles. The Bertz CT molecular complexity index is 303. The van der Waals surface area contributed by atoms with Crippen molar-refractivity contribution in [2.45, 2.75) is 45.3 Å². The zero-order valence-corrected chi connectivity index (χ0v) is 12.2. The highest BCUT2D eigenvalue weighted by Crippen LogP contribution is 2.18. The molecular weight excluding hydrogens is 253 g/mol. The van der Waals surface area contributed by atoms with Crippen LogP contribution in [0.15, 0.2) is 0 Å². The van der Waals surface area contributed by atoms with E-state index in [0.717, 1.165) is 0 Å². The zero-order chi connectivity index (χ0) is 14.6. The zero-order valence-electron chi connectivity index (χ0n) is 12.2. The second kappa shape index (κ2) is 6.54. The SMILES string of the molecule is CN(C(=O)OC(C)(C)C)C1CCN(CB(F)F)CC1. The molecule has 0 saturated carbocycles. The first kappa shape index (κ1) is 16.2. The monoisotopic (exact) mass is 276 g/mol. The number of halogens is 2. The van der Waals surface area contributed by atoms with Crippen LogP contribution >= 0.6 is 0 Å². The van der Waals surface area contributed by atoms with Gasteiger partial charge in [0.25, 0.3) is 0 Å². The summed E-state index contributed by atoms with van der Waals surface area (Å²) in [5.74, 6) is 0. The maximum Gasteiger partial charge on any atom is 0.551 e. The largest absolute Gasteiger partial charge is 0.551 e. The highest BCUT2D eigenvalue weighted by Gasteiger charge is 2.30. The maximum absolute atomic E-state index is 12.3. The summed E-state index contributed by atoms with van der Waals surface area (Å²) < 4.78 is 29.8. The number of ether oxygens (including phenoxy) is 1. The Morgan fingerprint density at radius 2 is 1.89 bits per heavy atom. The molecule has 0 aromatic heterocycles. The van der Waals surface area contributed by atoms with Crippen molar-refractivity contribution >= 4 is 13.4 Å². The Labute approximate surface area is 114 Å². The molecule has 1 heterocycles. The molecule has 4 nitrogen and oxygen atoms in total. The number of piperidine rings is 1. The van der Waals surface area contributed by atoms with Gasteiger partial charge in [-0.2, -0.15) is 0 Å². The lowest BCUT2D eigenvalue weighted by Crippen LogP contribution is -2.48. The minimum absolute atomic E-state index is 0.0729. The summed E-state index contributed by atoms with van der Waals surface area (Å²) in [7, 11) is -0.582. The summed E-state index contributed by atoms with van der Waals surface area (Å²) >= 11 is 0. The quantitative estimate of drug-likeness (QED) is 0.741. The first-order valence-electron chi connectivity index (χ1n) is 6.65. The van der Waals surface area contributed by atoms with Crippen molar-refractivity contribution in [2.75, 3.05) is 26.6 Å². The summed E-state index contributed by atoms with van der Waals surface area (Å²) in [6, 6.07) is 0.0729. The molecule has 1 aliphatic heterocycles. The Balaban J connectivity index is 2.40. The van der Waals surface area contributed by atoms with Gasteiger partial charge in [0.2, 0.25) is 0 Å². The van der Waals surface area contributed by atoms with Crippen LogP contribution in [-0.4, -0.2) is 61.4 Å². The normalized spacial score (nSPS) is 18.2. The number of carbonyl (C=O) groups is 1. The average molecular weight is 276 g/mol. The van der Waals surface area contributed by atoms with E-state index in [1.165, 1.54) is 0 Å². The van der Waals surface area contributed by atoms with Crippen molar-refractivity contribution < 1.29 is 18.2 Å². The Morgan fingerprint density at radius 3 is 2.32 bits per heavy atom. The second-order valence-electron chi connectivity index (χ2n) is 6.01. The van der Waals surface area contributed by atoms with Crippen molar-refractivity contribution in [2.24, 2.45) is 0 Å². The summed E-state index contributed by atoms with van der Waals surface area (Å²) in [5, 5.41) is 0. The molecule has 0 unspecified atom stereocenters. The predicted octanol–water partition coefficient (Wildman–Crippen LogP) is 2.28. The number of amides is 1. The molecule has 0 aromatic rings. The molecule has 1 rings (SSSR count). The van der Waals surface area contributed by atoms with Gasteiger partial charge >= 0.3 is 13.4 Å². The van der Waals surface area contributed by atoms with Crippen LogP contribution in [0.5, 0.6) is 0 Å². The lowest BCUT2D eigenvalue weighted by Gasteiger charge is -2.36. The van der Waals surface area contributed by atoms with Crippen molar-refractivity contribution in [3.05, 3.63) is 0 Å². The van der Waals surface area contributed by atoms with Crippen LogP contribution in [0.3, 0.4) is 0 Å². The molecule has 1 aliphatic rings. The van der Waals surface area contributed by atoms with Crippen LogP contribution in [0, 0.1) is 0 Å². The molecule has 0 bridgehead atoms. The van der Waals surface area contributed by atoms with Crippen molar-refractivity contribution in [3.63, 3.8) is 0 Å². The summed E-state index contributed by atoms with van der Waals surface area (Å²) in [4.78, 5) is 15.2. The molecule has 1 fully saturated rings. The van der Waals surface area contributed by atoms with Gasteiger partial charge in [0.05, 0.1) is 0 Å². The molecule has 7 heteroatoms. The fraction of sp³-hybridized carbons (Fsp3) is 0.917. The first-order chi connectivity index (χ1) is 8.69. The van der Waals surface area contributed by atoms with Gasteiger partial charge in [-0.3, -0.25) is 8.63 Å². The van der Waals surface area contributed by atoms with Gasteiger partial charge in [-0.15, -0.1) is 0 Å².